The van der Waals surface area contributed by atoms with Gasteiger partial charge < -0.3 is 19.2 Å². The van der Waals surface area contributed by atoms with Gasteiger partial charge in [0.15, 0.2) is 11.5 Å². The molecule has 0 unspecified atom stereocenters. The normalized spacial score (nSPS) is 11.1. The number of nitrogens with one attached hydrogen (secondary N) is 1. The van der Waals surface area contributed by atoms with E-state index in [0.29, 0.717) is 11.5 Å². The Bertz CT molecular complexity index is 1130. The van der Waals surface area contributed by atoms with E-state index in [0.717, 1.165) is 16.4 Å². The highest BCUT2D eigenvalue weighted by molar-refractivity contribution is 7.92. The molecule has 0 saturated carbocycles. The minimum absolute atomic E-state index is 0.0967. The maximum atomic E-state index is 13.4. The number of amides is 1. The van der Waals surface area contributed by atoms with E-state index in [-0.39, 0.29) is 22.9 Å². The van der Waals surface area contributed by atoms with Crippen LogP contribution in [0.4, 0.5) is 10.1 Å². The summed E-state index contributed by atoms with van der Waals surface area (Å²) in [5.41, 5.74) is 0.129. The molecule has 10 heteroatoms. The average molecular weight is 448 g/mol. The molecule has 0 spiro atoms. The first kappa shape index (κ1) is 22.2. The molecule has 0 saturated heterocycles. The maximum absolute atomic E-state index is 13.4. The first-order valence-corrected chi connectivity index (χ1v) is 10.6. The van der Waals surface area contributed by atoms with Gasteiger partial charge in [-0.2, -0.15) is 0 Å². The van der Waals surface area contributed by atoms with Crippen molar-refractivity contribution in [1.29, 1.82) is 0 Å². The van der Waals surface area contributed by atoms with Crippen LogP contribution in [0.5, 0.6) is 11.5 Å². The molecule has 2 aromatic carbocycles. The van der Waals surface area contributed by atoms with Crippen molar-refractivity contribution in [3.8, 4) is 11.5 Å². The van der Waals surface area contributed by atoms with E-state index in [2.05, 4.69) is 5.32 Å². The SMILES string of the molecule is COc1ccc(S(=O)(=O)N(CC(=O)NCc2ccco2)c2ccc(F)cc2)cc1OC. The van der Waals surface area contributed by atoms with E-state index in [1.165, 1.54) is 50.8 Å². The fraction of sp³-hybridized carbons (Fsp3) is 0.190. The number of methoxy groups -OCH3 is 2. The number of nitrogens with zero attached hydrogens (tertiary/aromatic N) is 1. The number of benzene rings is 2. The summed E-state index contributed by atoms with van der Waals surface area (Å²) in [7, 11) is -1.39. The Kier molecular flexibility index (Phi) is 6.81. The zero-order valence-electron chi connectivity index (χ0n) is 16.9. The lowest BCUT2D eigenvalue weighted by Gasteiger charge is -2.24. The maximum Gasteiger partial charge on any atom is 0.264 e. The number of carbonyl (C=O) groups is 1. The van der Waals surface area contributed by atoms with Crippen LogP contribution >= 0.6 is 0 Å². The number of hydrogen-bond donors (Lipinski definition) is 1. The van der Waals surface area contributed by atoms with Gasteiger partial charge in [0.1, 0.15) is 18.1 Å². The predicted octanol–water partition coefficient (Wildman–Crippen LogP) is 2.95. The lowest BCUT2D eigenvalue weighted by molar-refractivity contribution is -0.119. The molecule has 3 rings (SSSR count). The molecule has 31 heavy (non-hydrogen) atoms. The zero-order chi connectivity index (χ0) is 22.4. The van der Waals surface area contributed by atoms with E-state index in [4.69, 9.17) is 13.9 Å². The van der Waals surface area contributed by atoms with Crippen LogP contribution in [0.3, 0.4) is 0 Å². The van der Waals surface area contributed by atoms with Gasteiger partial charge in [-0.05, 0) is 48.5 Å². The fourth-order valence-corrected chi connectivity index (χ4v) is 4.25. The Labute approximate surface area is 179 Å². The quantitative estimate of drug-likeness (QED) is 0.541. The van der Waals surface area contributed by atoms with Crippen molar-refractivity contribution in [2.45, 2.75) is 11.4 Å². The Morgan fingerprint density at radius 3 is 2.39 bits per heavy atom. The van der Waals surface area contributed by atoms with E-state index >= 15 is 0 Å². The first-order valence-electron chi connectivity index (χ1n) is 9.14. The number of rotatable bonds is 9. The Morgan fingerprint density at radius 2 is 1.77 bits per heavy atom. The summed E-state index contributed by atoms with van der Waals surface area (Å²) >= 11 is 0. The lowest BCUT2D eigenvalue weighted by atomic mass is 10.3. The first-order chi connectivity index (χ1) is 14.8. The van der Waals surface area contributed by atoms with Gasteiger partial charge in [0.25, 0.3) is 10.0 Å². The highest BCUT2D eigenvalue weighted by Gasteiger charge is 2.28. The van der Waals surface area contributed by atoms with E-state index in [9.17, 15) is 17.6 Å². The molecule has 0 aliphatic heterocycles. The van der Waals surface area contributed by atoms with Crippen molar-refractivity contribution in [3.05, 3.63) is 72.4 Å². The van der Waals surface area contributed by atoms with Crippen LogP contribution in [-0.4, -0.2) is 35.1 Å². The highest BCUT2D eigenvalue weighted by Crippen LogP contribution is 2.32. The summed E-state index contributed by atoms with van der Waals surface area (Å²) in [5.74, 6) is -0.0143. The molecule has 1 N–H and O–H groups in total. The average Bonchev–Trinajstić information content (AvgIpc) is 3.30. The summed E-state index contributed by atoms with van der Waals surface area (Å²) in [6.45, 7) is -0.428. The number of ether oxygens (including phenoxy) is 2. The van der Waals surface area contributed by atoms with Crippen molar-refractivity contribution >= 4 is 21.6 Å². The fourth-order valence-electron chi connectivity index (χ4n) is 2.81. The number of halogens is 1. The van der Waals surface area contributed by atoms with Gasteiger partial charge in [0, 0.05) is 6.07 Å². The van der Waals surface area contributed by atoms with Gasteiger partial charge in [-0.15, -0.1) is 0 Å². The molecular weight excluding hydrogens is 427 g/mol. The van der Waals surface area contributed by atoms with E-state index in [1.54, 1.807) is 12.1 Å². The summed E-state index contributed by atoms with van der Waals surface area (Å²) < 4.78 is 56.6. The Hall–Kier alpha value is -3.53. The van der Waals surface area contributed by atoms with Crippen LogP contribution in [0.1, 0.15) is 5.76 Å². The second kappa shape index (κ2) is 9.52. The smallest absolute Gasteiger partial charge is 0.264 e. The van der Waals surface area contributed by atoms with Crippen molar-refractivity contribution < 1.29 is 31.5 Å². The molecule has 164 valence electrons. The molecule has 0 atom stereocenters. The van der Waals surface area contributed by atoms with Crippen molar-refractivity contribution in [1.82, 2.24) is 5.32 Å². The predicted molar refractivity (Wildman–Crippen MR) is 111 cm³/mol. The minimum Gasteiger partial charge on any atom is -0.493 e. The van der Waals surface area contributed by atoms with Crippen LogP contribution in [0.15, 0.2) is 70.2 Å². The van der Waals surface area contributed by atoms with E-state index < -0.39 is 28.3 Å². The number of hydrogen-bond acceptors (Lipinski definition) is 6. The molecular formula is C21H21FN2O6S. The summed E-state index contributed by atoms with van der Waals surface area (Å²) in [5, 5.41) is 2.60. The van der Waals surface area contributed by atoms with Crippen molar-refractivity contribution in [2.75, 3.05) is 25.1 Å². The minimum atomic E-state index is -4.20. The molecule has 1 amide bonds. The van der Waals surface area contributed by atoms with Crippen LogP contribution < -0.4 is 19.1 Å². The molecule has 0 bridgehead atoms. The second-order valence-electron chi connectivity index (χ2n) is 6.36. The zero-order valence-corrected chi connectivity index (χ0v) is 17.7. The molecule has 8 nitrogen and oxygen atoms in total. The Morgan fingerprint density at radius 1 is 1.06 bits per heavy atom. The van der Waals surface area contributed by atoms with Crippen molar-refractivity contribution in [2.24, 2.45) is 0 Å². The molecule has 0 fully saturated rings. The van der Waals surface area contributed by atoms with Gasteiger partial charge in [-0.3, -0.25) is 9.10 Å². The second-order valence-corrected chi connectivity index (χ2v) is 8.22. The largest absolute Gasteiger partial charge is 0.493 e. The lowest BCUT2D eigenvalue weighted by Crippen LogP contribution is -2.40. The van der Waals surface area contributed by atoms with Gasteiger partial charge in [-0.25, -0.2) is 12.8 Å². The topological polar surface area (TPSA) is 98.1 Å². The summed E-state index contributed by atoms with van der Waals surface area (Å²) in [4.78, 5) is 12.4. The number of carbonyl (C=O) groups excluding carboxylic acids is 1. The molecule has 0 aliphatic carbocycles. The van der Waals surface area contributed by atoms with Crippen LogP contribution in [0, 0.1) is 5.82 Å². The third-order valence-electron chi connectivity index (χ3n) is 4.38. The Balaban J connectivity index is 1.93. The summed E-state index contributed by atoms with van der Waals surface area (Å²) in [6, 6.07) is 12.2. The van der Waals surface area contributed by atoms with Crippen molar-refractivity contribution in [3.63, 3.8) is 0 Å². The highest BCUT2D eigenvalue weighted by atomic mass is 32.2. The number of anilines is 1. The monoisotopic (exact) mass is 448 g/mol. The van der Waals surface area contributed by atoms with E-state index in [1.807, 2.05) is 0 Å². The summed E-state index contributed by atoms with van der Waals surface area (Å²) in [6.07, 6.45) is 1.47. The van der Waals surface area contributed by atoms with Gasteiger partial charge >= 0.3 is 0 Å². The van der Waals surface area contributed by atoms with Crippen LogP contribution in [0.25, 0.3) is 0 Å². The molecule has 1 heterocycles. The number of sulfonamides is 1. The van der Waals surface area contributed by atoms with Crippen LogP contribution in [0.2, 0.25) is 0 Å². The van der Waals surface area contributed by atoms with Gasteiger partial charge in [0.05, 0.1) is 37.6 Å². The third-order valence-corrected chi connectivity index (χ3v) is 6.15. The van der Waals surface area contributed by atoms with Crippen LogP contribution in [-0.2, 0) is 21.4 Å². The molecule has 1 aromatic heterocycles. The van der Waals surface area contributed by atoms with Gasteiger partial charge in [0.2, 0.25) is 5.91 Å². The molecule has 0 aliphatic rings. The molecule has 3 aromatic rings. The standard InChI is InChI=1S/C21H21FN2O6S/c1-28-19-10-9-18(12-20(19)29-2)31(26,27)24(16-7-5-15(22)6-8-16)14-21(25)23-13-17-4-3-11-30-17/h3-12H,13-14H2,1-2H3,(H,23,25). The number of furan rings is 1. The third kappa shape index (κ3) is 5.15. The molecule has 0 radical (unpaired) electrons. The van der Waals surface area contributed by atoms with Gasteiger partial charge in [-0.1, -0.05) is 0 Å².